The second kappa shape index (κ2) is 9.36. The number of carbonyl (C=O) groups excluding carboxylic acids is 2. The molecule has 0 aliphatic rings. The highest BCUT2D eigenvalue weighted by atomic mass is 16.6. The lowest BCUT2D eigenvalue weighted by Gasteiger charge is -2.16. The van der Waals surface area contributed by atoms with E-state index < -0.39 is 17.9 Å². The van der Waals surface area contributed by atoms with Crippen molar-refractivity contribution in [2.45, 2.75) is 19.8 Å². The first kappa shape index (κ1) is 19.2. The van der Waals surface area contributed by atoms with E-state index in [0.29, 0.717) is 11.5 Å². The Morgan fingerprint density at radius 1 is 0.923 bits per heavy atom. The third-order valence-electron chi connectivity index (χ3n) is 3.28. The van der Waals surface area contributed by atoms with Crippen molar-refractivity contribution in [1.82, 2.24) is 9.97 Å². The zero-order chi connectivity index (χ0) is 18.9. The molecule has 26 heavy (non-hydrogen) atoms. The van der Waals surface area contributed by atoms with Crippen LogP contribution in [0.1, 0.15) is 25.5 Å². The summed E-state index contributed by atoms with van der Waals surface area (Å²) in [5.41, 5.74) is 0.0280. The van der Waals surface area contributed by atoms with Crippen molar-refractivity contribution in [3.05, 3.63) is 42.4 Å². The Hall–Kier alpha value is -3.16. The predicted octanol–water partition coefficient (Wildman–Crippen LogP) is 2.49. The number of aromatic nitrogens is 2. The van der Waals surface area contributed by atoms with Gasteiger partial charge in [-0.25, -0.2) is 4.98 Å². The maximum atomic E-state index is 12.3. The Morgan fingerprint density at radius 3 is 2.00 bits per heavy atom. The molecule has 0 aliphatic heterocycles. The fourth-order valence-corrected chi connectivity index (χ4v) is 2.14. The predicted molar refractivity (Wildman–Crippen MR) is 91.1 cm³/mol. The third kappa shape index (κ3) is 4.69. The summed E-state index contributed by atoms with van der Waals surface area (Å²) in [7, 11) is 1.56. The van der Waals surface area contributed by atoms with Crippen molar-refractivity contribution in [3.8, 4) is 17.4 Å². The van der Waals surface area contributed by atoms with E-state index in [2.05, 4.69) is 9.97 Å². The quantitative estimate of drug-likeness (QED) is 0.523. The summed E-state index contributed by atoms with van der Waals surface area (Å²) in [5.74, 6) is -1.80. The number of hydrogen-bond acceptors (Lipinski definition) is 8. The van der Waals surface area contributed by atoms with Crippen LogP contribution in [0.2, 0.25) is 0 Å². The van der Waals surface area contributed by atoms with Gasteiger partial charge in [0.2, 0.25) is 11.8 Å². The molecular formula is C18H20N2O6. The highest BCUT2D eigenvalue weighted by Crippen LogP contribution is 2.29. The Kier molecular flexibility index (Phi) is 6.90. The van der Waals surface area contributed by atoms with E-state index in [0.717, 1.165) is 0 Å². The summed E-state index contributed by atoms with van der Waals surface area (Å²) in [4.78, 5) is 32.8. The molecule has 0 radical (unpaired) electrons. The van der Waals surface area contributed by atoms with Crippen LogP contribution in [0.5, 0.6) is 17.4 Å². The zero-order valence-electron chi connectivity index (χ0n) is 14.8. The van der Waals surface area contributed by atoms with E-state index >= 15 is 0 Å². The van der Waals surface area contributed by atoms with Gasteiger partial charge in [-0.05, 0) is 38.1 Å². The van der Waals surface area contributed by atoms with Crippen LogP contribution in [0, 0.1) is 0 Å². The molecule has 138 valence electrons. The molecular weight excluding hydrogens is 340 g/mol. The molecule has 0 fully saturated rings. The first-order valence-electron chi connectivity index (χ1n) is 8.06. The molecule has 0 bridgehead atoms. The number of carbonyl (C=O) groups is 2. The number of esters is 2. The zero-order valence-corrected chi connectivity index (χ0v) is 14.8. The van der Waals surface area contributed by atoms with Crippen LogP contribution in [0.3, 0.4) is 0 Å². The topological polar surface area (TPSA) is 96.8 Å². The van der Waals surface area contributed by atoms with Crippen molar-refractivity contribution in [1.29, 1.82) is 0 Å². The largest absolute Gasteiger partial charge is 0.497 e. The van der Waals surface area contributed by atoms with E-state index in [1.807, 2.05) is 0 Å². The number of nitrogens with zero attached hydrogens (tertiary/aromatic N) is 2. The summed E-state index contributed by atoms with van der Waals surface area (Å²) in [5, 5.41) is 0. The lowest BCUT2D eigenvalue weighted by atomic mass is 10.1. The van der Waals surface area contributed by atoms with Crippen LogP contribution in [0.4, 0.5) is 0 Å². The summed E-state index contributed by atoms with van der Waals surface area (Å²) in [6.45, 7) is 3.52. The van der Waals surface area contributed by atoms with Gasteiger partial charge >= 0.3 is 11.9 Å². The van der Waals surface area contributed by atoms with Gasteiger partial charge in [-0.3, -0.25) is 14.6 Å². The molecule has 0 N–H and O–H groups in total. The Balaban J connectivity index is 2.36. The van der Waals surface area contributed by atoms with Gasteiger partial charge in [0, 0.05) is 12.4 Å². The molecule has 1 heterocycles. The van der Waals surface area contributed by atoms with E-state index in [1.54, 1.807) is 45.2 Å². The van der Waals surface area contributed by atoms with Gasteiger partial charge in [-0.2, -0.15) is 0 Å². The molecule has 2 aromatic rings. The molecule has 0 atom stereocenters. The van der Waals surface area contributed by atoms with Crippen molar-refractivity contribution in [2.75, 3.05) is 20.3 Å². The van der Waals surface area contributed by atoms with Gasteiger partial charge in [-0.15, -0.1) is 0 Å². The first-order valence-corrected chi connectivity index (χ1v) is 8.06. The molecule has 0 unspecified atom stereocenters. The Bertz CT molecular complexity index is 730. The fourth-order valence-electron chi connectivity index (χ4n) is 2.14. The second-order valence-corrected chi connectivity index (χ2v) is 4.96. The third-order valence-corrected chi connectivity index (χ3v) is 3.28. The normalized spacial score (nSPS) is 10.3. The van der Waals surface area contributed by atoms with Gasteiger partial charge in [0.25, 0.3) is 0 Å². The average Bonchev–Trinajstić information content (AvgIpc) is 2.64. The summed E-state index contributed by atoms with van der Waals surface area (Å²) in [6.07, 6.45) is 2.76. The Morgan fingerprint density at radius 2 is 1.46 bits per heavy atom. The van der Waals surface area contributed by atoms with Crippen LogP contribution in [-0.2, 0) is 19.1 Å². The van der Waals surface area contributed by atoms with E-state index in [9.17, 15) is 9.59 Å². The summed E-state index contributed by atoms with van der Waals surface area (Å²) in [6, 6.07) is 6.75. The van der Waals surface area contributed by atoms with Gasteiger partial charge in [0.15, 0.2) is 0 Å². The second-order valence-electron chi connectivity index (χ2n) is 4.96. The summed E-state index contributed by atoms with van der Waals surface area (Å²) < 4.78 is 20.8. The van der Waals surface area contributed by atoms with Gasteiger partial charge in [-0.1, -0.05) is 0 Å². The van der Waals surface area contributed by atoms with Crippen LogP contribution >= 0.6 is 0 Å². The van der Waals surface area contributed by atoms with Gasteiger partial charge in [0.05, 0.1) is 20.3 Å². The SMILES string of the molecule is CCOC(=O)C(C(=O)OCC)c1nccnc1Oc1ccc(OC)cc1. The lowest BCUT2D eigenvalue weighted by molar-refractivity contribution is -0.157. The molecule has 1 aromatic heterocycles. The van der Waals surface area contributed by atoms with Gasteiger partial charge in [0.1, 0.15) is 17.2 Å². The highest BCUT2D eigenvalue weighted by molar-refractivity contribution is 6.00. The average molecular weight is 360 g/mol. The van der Waals surface area contributed by atoms with Crippen LogP contribution in [0.15, 0.2) is 36.7 Å². The molecule has 0 spiro atoms. The molecule has 0 saturated carbocycles. The molecule has 0 saturated heterocycles. The smallest absolute Gasteiger partial charge is 0.326 e. The number of ether oxygens (including phenoxy) is 4. The first-order chi connectivity index (χ1) is 12.6. The Labute approximate surface area is 151 Å². The molecule has 0 amide bonds. The van der Waals surface area contributed by atoms with Crippen LogP contribution in [-0.4, -0.2) is 42.2 Å². The minimum absolute atomic E-state index is 0.0174. The van der Waals surface area contributed by atoms with Crippen molar-refractivity contribution in [2.24, 2.45) is 0 Å². The molecule has 8 nitrogen and oxygen atoms in total. The lowest BCUT2D eigenvalue weighted by Crippen LogP contribution is -2.27. The van der Waals surface area contributed by atoms with Crippen LogP contribution < -0.4 is 9.47 Å². The molecule has 0 aliphatic carbocycles. The number of benzene rings is 1. The van der Waals surface area contributed by atoms with Crippen LogP contribution in [0.25, 0.3) is 0 Å². The highest BCUT2D eigenvalue weighted by Gasteiger charge is 2.36. The fraction of sp³-hybridized carbons (Fsp3) is 0.333. The van der Waals surface area contributed by atoms with E-state index in [-0.39, 0.29) is 24.8 Å². The van der Waals surface area contributed by atoms with E-state index in [4.69, 9.17) is 18.9 Å². The van der Waals surface area contributed by atoms with Crippen molar-refractivity contribution >= 4 is 11.9 Å². The minimum atomic E-state index is -1.38. The molecule has 1 aromatic carbocycles. The molecule has 8 heteroatoms. The van der Waals surface area contributed by atoms with Crippen molar-refractivity contribution in [3.63, 3.8) is 0 Å². The minimum Gasteiger partial charge on any atom is -0.497 e. The standard InChI is InChI=1S/C18H20N2O6/c1-4-24-17(21)14(18(22)25-5-2)15-16(20-11-10-19-15)26-13-8-6-12(23-3)7-9-13/h6-11,14H,4-5H2,1-3H3. The van der Waals surface area contributed by atoms with Gasteiger partial charge < -0.3 is 18.9 Å². The van der Waals surface area contributed by atoms with E-state index in [1.165, 1.54) is 12.4 Å². The monoisotopic (exact) mass is 360 g/mol. The number of methoxy groups -OCH3 is 1. The van der Waals surface area contributed by atoms with Crippen molar-refractivity contribution < 1.29 is 28.5 Å². The maximum Gasteiger partial charge on any atom is 0.326 e. The maximum absolute atomic E-state index is 12.3. The summed E-state index contributed by atoms with van der Waals surface area (Å²) >= 11 is 0. The molecule has 2 rings (SSSR count). The number of rotatable bonds is 8. The number of hydrogen-bond donors (Lipinski definition) is 0.